The molecule has 128 valence electrons. The third kappa shape index (κ3) is 2.57. The van der Waals surface area contributed by atoms with E-state index >= 15 is 0 Å². The lowest BCUT2D eigenvalue weighted by Gasteiger charge is -2.42. The number of nitrogens with zero attached hydrogens (tertiary/aromatic N) is 2. The number of amides is 2. The number of anilines is 1. The molecule has 3 N–H and O–H groups in total. The number of aryl methyl sites for hydroxylation is 1. The number of benzene rings is 1. The zero-order valence-corrected chi connectivity index (χ0v) is 13.7. The van der Waals surface area contributed by atoms with Crippen molar-refractivity contribution in [2.75, 3.05) is 11.9 Å². The molecule has 2 aromatic rings. The van der Waals surface area contributed by atoms with E-state index < -0.39 is 12.0 Å². The van der Waals surface area contributed by atoms with Crippen molar-refractivity contribution >= 4 is 17.6 Å². The predicted octanol–water partition coefficient (Wildman–Crippen LogP) is 1.85. The van der Waals surface area contributed by atoms with Crippen molar-refractivity contribution in [2.45, 2.75) is 19.4 Å². The first-order valence-electron chi connectivity index (χ1n) is 8.16. The second-order valence-corrected chi connectivity index (χ2v) is 6.40. The molecule has 1 aromatic heterocycles. The molecule has 1 aromatic carbocycles. The Balaban J connectivity index is 1.73. The summed E-state index contributed by atoms with van der Waals surface area (Å²) in [6.07, 6.45) is 1.88. The van der Waals surface area contributed by atoms with Crippen molar-refractivity contribution in [3.63, 3.8) is 0 Å². The van der Waals surface area contributed by atoms with Gasteiger partial charge in [-0.2, -0.15) is 5.10 Å². The van der Waals surface area contributed by atoms with E-state index in [9.17, 15) is 14.7 Å². The van der Waals surface area contributed by atoms with Crippen LogP contribution in [0.2, 0.25) is 0 Å². The maximum atomic E-state index is 12.9. The molecule has 7 nitrogen and oxygen atoms in total. The molecule has 25 heavy (non-hydrogen) atoms. The Labute approximate surface area is 144 Å². The Bertz CT molecular complexity index is 886. The Hall–Kier alpha value is -3.09. The topological polar surface area (TPSA) is 98.3 Å². The summed E-state index contributed by atoms with van der Waals surface area (Å²) in [5, 5.41) is 19.9. The van der Waals surface area contributed by atoms with Crippen molar-refractivity contribution < 1.29 is 14.7 Å². The summed E-state index contributed by atoms with van der Waals surface area (Å²) in [5.74, 6) is -1.34. The van der Waals surface area contributed by atoms with Gasteiger partial charge < -0.3 is 15.3 Å². The largest absolute Gasteiger partial charge is 0.511 e. The number of carbonyl (C=O) groups is 2. The van der Waals surface area contributed by atoms with E-state index in [-0.39, 0.29) is 17.6 Å². The van der Waals surface area contributed by atoms with Gasteiger partial charge in [0, 0.05) is 24.4 Å². The fraction of sp³-hybridized carbons (Fsp3) is 0.278. The molecule has 2 atom stereocenters. The second kappa shape index (κ2) is 5.77. The third-order valence-corrected chi connectivity index (χ3v) is 4.76. The van der Waals surface area contributed by atoms with Crippen molar-refractivity contribution in [1.29, 1.82) is 0 Å². The van der Waals surface area contributed by atoms with Crippen LogP contribution in [0.15, 0.2) is 42.2 Å². The van der Waals surface area contributed by atoms with E-state index in [4.69, 9.17) is 0 Å². The van der Waals surface area contributed by atoms with Crippen LogP contribution in [0.5, 0.6) is 0 Å². The van der Waals surface area contributed by atoms with Crippen LogP contribution in [0.4, 0.5) is 5.82 Å². The average Bonchev–Trinajstić information content (AvgIpc) is 2.99. The minimum absolute atomic E-state index is 0.215. The second-order valence-electron chi connectivity index (χ2n) is 6.40. The summed E-state index contributed by atoms with van der Waals surface area (Å²) in [7, 11) is 0. The normalized spacial score (nSPS) is 22.0. The molecular weight excluding hydrogens is 320 g/mol. The van der Waals surface area contributed by atoms with E-state index in [0.717, 1.165) is 29.3 Å². The monoisotopic (exact) mass is 338 g/mol. The van der Waals surface area contributed by atoms with E-state index in [2.05, 4.69) is 15.5 Å². The van der Waals surface area contributed by atoms with Gasteiger partial charge >= 0.3 is 0 Å². The van der Waals surface area contributed by atoms with Gasteiger partial charge in [-0.05, 0) is 24.5 Å². The maximum Gasteiger partial charge on any atom is 0.250 e. The lowest BCUT2D eigenvalue weighted by molar-refractivity contribution is -0.134. The van der Waals surface area contributed by atoms with Crippen molar-refractivity contribution in [1.82, 2.24) is 15.1 Å². The summed E-state index contributed by atoms with van der Waals surface area (Å²) < 4.78 is 0. The molecule has 0 spiro atoms. The highest BCUT2D eigenvalue weighted by molar-refractivity contribution is 5.98. The Morgan fingerprint density at radius 3 is 2.96 bits per heavy atom. The van der Waals surface area contributed by atoms with E-state index in [1.807, 2.05) is 31.2 Å². The van der Waals surface area contributed by atoms with E-state index in [1.165, 1.54) is 0 Å². The molecule has 3 heterocycles. The van der Waals surface area contributed by atoms with Crippen LogP contribution in [0.1, 0.15) is 22.9 Å². The van der Waals surface area contributed by atoms with Gasteiger partial charge in [-0.25, -0.2) is 0 Å². The maximum absolute atomic E-state index is 12.9. The zero-order chi connectivity index (χ0) is 17.6. The first kappa shape index (κ1) is 15.4. The molecule has 0 radical (unpaired) electrons. The fourth-order valence-corrected chi connectivity index (χ4v) is 3.63. The number of H-pyrrole nitrogens is 1. The number of hydrogen-bond donors (Lipinski definition) is 3. The highest BCUT2D eigenvalue weighted by atomic mass is 16.3. The number of carbonyl (C=O) groups excluding carboxylic acids is 2. The molecule has 2 aliphatic rings. The van der Waals surface area contributed by atoms with Crippen LogP contribution in [-0.4, -0.2) is 38.6 Å². The number of aliphatic hydroxyl groups excluding tert-OH is 1. The number of rotatable bonds is 2. The lowest BCUT2D eigenvalue weighted by Crippen LogP contribution is -2.49. The van der Waals surface area contributed by atoms with E-state index in [1.54, 1.807) is 11.0 Å². The minimum atomic E-state index is -0.865. The van der Waals surface area contributed by atoms with Crippen molar-refractivity contribution in [3.05, 3.63) is 59.0 Å². The number of nitrogens with one attached hydrogen (secondary N) is 2. The quantitative estimate of drug-likeness (QED) is 0.778. The van der Waals surface area contributed by atoms with Crippen LogP contribution in [0.25, 0.3) is 0 Å². The number of aromatic amines is 1. The molecule has 2 amide bonds. The van der Waals surface area contributed by atoms with Crippen LogP contribution >= 0.6 is 0 Å². The van der Waals surface area contributed by atoms with Gasteiger partial charge in [-0.3, -0.25) is 14.7 Å². The van der Waals surface area contributed by atoms with E-state index in [0.29, 0.717) is 12.4 Å². The molecular formula is C18H18N4O3. The SMILES string of the molecule is Cc1cc(NC(=O)[C@H]2C(O)=CC(=O)N3CCc4ccccc4[C@@H]23)n[nH]1. The van der Waals surface area contributed by atoms with Gasteiger partial charge in [-0.15, -0.1) is 0 Å². The number of aliphatic hydroxyl groups is 1. The highest BCUT2D eigenvalue weighted by Crippen LogP contribution is 2.41. The van der Waals surface area contributed by atoms with Gasteiger partial charge in [0.15, 0.2) is 5.82 Å². The molecule has 0 saturated heterocycles. The average molecular weight is 338 g/mol. The Morgan fingerprint density at radius 2 is 2.20 bits per heavy atom. The summed E-state index contributed by atoms with van der Waals surface area (Å²) in [6.45, 7) is 2.36. The molecule has 2 aliphatic heterocycles. The van der Waals surface area contributed by atoms with Crippen LogP contribution < -0.4 is 5.32 Å². The molecule has 0 saturated carbocycles. The number of aromatic nitrogens is 2. The summed E-state index contributed by atoms with van der Waals surface area (Å²) in [6, 6.07) is 8.93. The summed E-state index contributed by atoms with van der Waals surface area (Å²) >= 11 is 0. The molecule has 0 aliphatic carbocycles. The smallest absolute Gasteiger partial charge is 0.250 e. The number of fused-ring (bicyclic) bond motifs is 3. The first-order valence-corrected chi connectivity index (χ1v) is 8.16. The minimum Gasteiger partial charge on any atom is -0.511 e. The molecule has 0 bridgehead atoms. The van der Waals surface area contributed by atoms with Gasteiger partial charge in [0.05, 0.1) is 6.04 Å². The van der Waals surface area contributed by atoms with Crippen molar-refractivity contribution in [3.8, 4) is 0 Å². The molecule has 0 fully saturated rings. The lowest BCUT2D eigenvalue weighted by atomic mass is 9.81. The van der Waals surface area contributed by atoms with Gasteiger partial charge in [0.25, 0.3) is 5.91 Å². The van der Waals surface area contributed by atoms with Gasteiger partial charge in [-0.1, -0.05) is 24.3 Å². The fourth-order valence-electron chi connectivity index (χ4n) is 3.63. The van der Waals surface area contributed by atoms with Crippen LogP contribution in [0.3, 0.4) is 0 Å². The highest BCUT2D eigenvalue weighted by Gasteiger charge is 2.44. The Morgan fingerprint density at radius 1 is 1.40 bits per heavy atom. The molecule has 7 heteroatoms. The third-order valence-electron chi connectivity index (χ3n) is 4.76. The summed E-state index contributed by atoms with van der Waals surface area (Å²) in [5.41, 5.74) is 2.82. The standard InChI is InChI=1S/C18H18N4O3/c1-10-8-14(21-20-10)19-18(25)16-13(23)9-15(24)22-7-6-11-4-2-3-5-12(11)17(16)22/h2-5,8-9,16-17,23H,6-7H2,1H3,(H2,19,20,21,25)/t16-,17-/m0/s1. The molecule has 4 rings (SSSR count). The predicted molar refractivity (Wildman–Crippen MR) is 90.8 cm³/mol. The van der Waals surface area contributed by atoms with Crippen LogP contribution in [0, 0.1) is 12.8 Å². The Kier molecular flexibility index (Phi) is 3.56. The molecule has 0 unspecified atom stereocenters. The first-order chi connectivity index (χ1) is 12.0. The van der Waals surface area contributed by atoms with Gasteiger partial charge in [0.2, 0.25) is 5.91 Å². The summed E-state index contributed by atoms with van der Waals surface area (Å²) in [4.78, 5) is 26.8. The van der Waals surface area contributed by atoms with Crippen molar-refractivity contribution in [2.24, 2.45) is 5.92 Å². The van der Waals surface area contributed by atoms with Crippen LogP contribution in [-0.2, 0) is 16.0 Å². The zero-order valence-electron chi connectivity index (χ0n) is 13.7. The number of hydrogen-bond acceptors (Lipinski definition) is 4. The van der Waals surface area contributed by atoms with Gasteiger partial charge in [0.1, 0.15) is 11.7 Å².